The third-order valence-electron chi connectivity index (χ3n) is 4.27. The molecule has 2 aromatic carbocycles. The van der Waals surface area contributed by atoms with Crippen molar-refractivity contribution in [3.63, 3.8) is 0 Å². The lowest BCUT2D eigenvalue weighted by molar-refractivity contribution is -0.129. The van der Waals surface area contributed by atoms with E-state index in [1.807, 2.05) is 0 Å². The number of rotatable bonds is 5. The largest absolute Gasteiger partial charge is 0.496 e. The molecule has 0 saturated heterocycles. The van der Waals surface area contributed by atoms with E-state index in [0.29, 0.717) is 39.9 Å². The van der Waals surface area contributed by atoms with Gasteiger partial charge in [0.1, 0.15) is 5.75 Å². The lowest BCUT2D eigenvalue weighted by Crippen LogP contribution is -2.05. The maximum absolute atomic E-state index is 12.3. The molecule has 0 N–H and O–H groups in total. The zero-order valence-electron chi connectivity index (χ0n) is 15.5. The van der Waals surface area contributed by atoms with Crippen LogP contribution in [0.1, 0.15) is 11.1 Å². The van der Waals surface area contributed by atoms with E-state index in [9.17, 15) is 4.79 Å². The summed E-state index contributed by atoms with van der Waals surface area (Å²) in [5, 5.41) is 0. The van der Waals surface area contributed by atoms with Crippen LogP contribution in [0, 0.1) is 0 Å². The number of fused-ring (bicyclic) bond motifs is 1. The van der Waals surface area contributed by atoms with Crippen molar-refractivity contribution in [2.45, 2.75) is 0 Å². The summed E-state index contributed by atoms with van der Waals surface area (Å²) in [6, 6.07) is 8.58. The number of aliphatic imine (C=N–C) groups is 1. The van der Waals surface area contributed by atoms with E-state index in [1.54, 1.807) is 36.4 Å². The minimum absolute atomic E-state index is 0.137. The maximum atomic E-state index is 12.3. The lowest BCUT2D eigenvalue weighted by atomic mass is 10.1. The highest BCUT2D eigenvalue weighted by Gasteiger charge is 2.26. The Morgan fingerprint density at radius 2 is 1.64 bits per heavy atom. The third kappa shape index (κ3) is 3.09. The summed E-state index contributed by atoms with van der Waals surface area (Å²) >= 11 is 0. The number of methoxy groups -OCH3 is 3. The van der Waals surface area contributed by atoms with Gasteiger partial charge in [-0.1, -0.05) is 0 Å². The molecule has 8 nitrogen and oxygen atoms in total. The minimum atomic E-state index is -0.565. The molecule has 28 heavy (non-hydrogen) atoms. The minimum Gasteiger partial charge on any atom is -0.496 e. The number of carbonyl (C=O) groups is 1. The molecular weight excluding hydrogens is 366 g/mol. The number of cyclic esters (lactones) is 1. The number of benzene rings is 2. The number of carbonyl (C=O) groups excluding carboxylic acids is 1. The van der Waals surface area contributed by atoms with E-state index in [4.69, 9.17) is 28.4 Å². The monoisotopic (exact) mass is 383 g/mol. The van der Waals surface area contributed by atoms with Gasteiger partial charge in [0.25, 0.3) is 0 Å². The van der Waals surface area contributed by atoms with Gasteiger partial charge in [0.05, 0.1) is 21.3 Å². The van der Waals surface area contributed by atoms with Crippen LogP contribution in [0.5, 0.6) is 28.7 Å². The first kappa shape index (κ1) is 17.7. The standard InChI is InChI=1S/C20H17NO7/c1-23-15-9-17(25-3)16(24-2)8-12(15)6-13-20(22)28-19(21-13)11-4-5-14-18(7-11)27-10-26-14/h4-9H,10H2,1-3H3. The highest BCUT2D eigenvalue weighted by Crippen LogP contribution is 2.37. The van der Waals surface area contributed by atoms with E-state index in [1.165, 1.54) is 21.3 Å². The van der Waals surface area contributed by atoms with Crippen LogP contribution in [-0.2, 0) is 9.53 Å². The van der Waals surface area contributed by atoms with E-state index >= 15 is 0 Å². The summed E-state index contributed by atoms with van der Waals surface area (Å²) in [5.41, 5.74) is 1.35. The molecule has 0 unspecified atom stereocenters. The highest BCUT2D eigenvalue weighted by atomic mass is 16.7. The molecule has 0 fully saturated rings. The van der Waals surface area contributed by atoms with Gasteiger partial charge < -0.3 is 28.4 Å². The molecule has 2 aromatic rings. The zero-order chi connectivity index (χ0) is 19.7. The molecule has 0 aromatic heterocycles. The summed E-state index contributed by atoms with van der Waals surface area (Å²) < 4.78 is 31.9. The average Bonchev–Trinajstić information content (AvgIpc) is 3.33. The number of hydrogen-bond donors (Lipinski definition) is 0. The normalized spacial score (nSPS) is 16.0. The fraction of sp³-hybridized carbons (Fsp3) is 0.200. The van der Waals surface area contributed by atoms with Gasteiger partial charge in [-0.3, -0.25) is 0 Å². The van der Waals surface area contributed by atoms with Crippen molar-refractivity contribution in [2.24, 2.45) is 4.99 Å². The first-order valence-corrected chi connectivity index (χ1v) is 8.35. The number of hydrogen-bond acceptors (Lipinski definition) is 8. The molecular formula is C20H17NO7. The summed E-state index contributed by atoms with van der Waals surface area (Å²) in [4.78, 5) is 16.6. The second-order valence-corrected chi connectivity index (χ2v) is 5.85. The van der Waals surface area contributed by atoms with E-state index < -0.39 is 5.97 Å². The molecule has 0 radical (unpaired) electrons. The van der Waals surface area contributed by atoms with Crippen LogP contribution in [-0.4, -0.2) is 40.0 Å². The zero-order valence-corrected chi connectivity index (χ0v) is 15.5. The molecule has 0 spiro atoms. The van der Waals surface area contributed by atoms with Gasteiger partial charge in [-0.05, 0) is 30.3 Å². The van der Waals surface area contributed by atoms with Crippen LogP contribution in [0.15, 0.2) is 41.0 Å². The summed E-state index contributed by atoms with van der Waals surface area (Å²) in [7, 11) is 4.59. The molecule has 0 aliphatic carbocycles. The Balaban J connectivity index is 1.71. The molecule has 0 atom stereocenters. The second kappa shape index (κ2) is 7.15. The smallest absolute Gasteiger partial charge is 0.363 e. The van der Waals surface area contributed by atoms with Crippen molar-refractivity contribution in [3.05, 3.63) is 47.2 Å². The molecule has 2 heterocycles. The fourth-order valence-electron chi connectivity index (χ4n) is 2.88. The molecule has 4 rings (SSSR count). The van der Waals surface area contributed by atoms with Gasteiger partial charge >= 0.3 is 5.97 Å². The quantitative estimate of drug-likeness (QED) is 0.580. The topological polar surface area (TPSA) is 84.8 Å². The fourth-order valence-corrected chi connectivity index (χ4v) is 2.88. The first-order chi connectivity index (χ1) is 13.6. The van der Waals surface area contributed by atoms with Crippen LogP contribution >= 0.6 is 0 Å². The summed E-state index contributed by atoms with van der Waals surface area (Å²) in [6.45, 7) is 0.162. The predicted molar refractivity (Wildman–Crippen MR) is 99.3 cm³/mol. The number of nitrogens with zero attached hydrogens (tertiary/aromatic N) is 1. The van der Waals surface area contributed by atoms with Crippen molar-refractivity contribution >= 4 is 17.9 Å². The van der Waals surface area contributed by atoms with Crippen LogP contribution in [0.4, 0.5) is 0 Å². The van der Waals surface area contributed by atoms with Crippen molar-refractivity contribution < 1.29 is 33.2 Å². The van der Waals surface area contributed by atoms with Gasteiger partial charge in [0.15, 0.2) is 28.7 Å². The van der Waals surface area contributed by atoms with E-state index in [2.05, 4.69) is 4.99 Å². The Kier molecular flexibility index (Phi) is 4.52. The Morgan fingerprint density at radius 3 is 2.39 bits per heavy atom. The number of ether oxygens (including phenoxy) is 6. The highest BCUT2D eigenvalue weighted by molar-refractivity contribution is 6.13. The SMILES string of the molecule is COc1cc(OC)c(OC)cc1C=C1N=C(c2ccc3c(c2)OCO3)OC1=O. The Bertz CT molecular complexity index is 1010. The van der Waals surface area contributed by atoms with E-state index in [-0.39, 0.29) is 18.4 Å². The summed E-state index contributed by atoms with van der Waals surface area (Å²) in [6.07, 6.45) is 1.57. The average molecular weight is 383 g/mol. The maximum Gasteiger partial charge on any atom is 0.363 e. The van der Waals surface area contributed by atoms with Crippen molar-refractivity contribution in [1.82, 2.24) is 0 Å². The Morgan fingerprint density at radius 1 is 0.929 bits per heavy atom. The molecule has 8 heteroatoms. The van der Waals surface area contributed by atoms with Crippen molar-refractivity contribution in [1.29, 1.82) is 0 Å². The van der Waals surface area contributed by atoms with Gasteiger partial charge in [-0.25, -0.2) is 9.79 Å². The summed E-state index contributed by atoms with van der Waals surface area (Å²) in [5.74, 6) is 2.36. The van der Waals surface area contributed by atoms with E-state index in [0.717, 1.165) is 0 Å². The molecule has 2 aliphatic rings. The van der Waals surface area contributed by atoms with Gasteiger partial charge in [-0.15, -0.1) is 0 Å². The van der Waals surface area contributed by atoms with Gasteiger partial charge in [0.2, 0.25) is 12.7 Å². The number of esters is 1. The second-order valence-electron chi connectivity index (χ2n) is 5.85. The van der Waals surface area contributed by atoms with Crippen molar-refractivity contribution in [3.8, 4) is 28.7 Å². The molecule has 0 saturated carbocycles. The molecule has 144 valence electrons. The lowest BCUT2D eigenvalue weighted by Gasteiger charge is -2.12. The molecule has 0 bridgehead atoms. The Labute approximate surface area is 160 Å². The first-order valence-electron chi connectivity index (χ1n) is 8.35. The molecule has 0 amide bonds. The van der Waals surface area contributed by atoms with Gasteiger partial charge in [-0.2, -0.15) is 0 Å². The molecule has 2 aliphatic heterocycles. The van der Waals surface area contributed by atoms with Crippen LogP contribution in [0.3, 0.4) is 0 Å². The van der Waals surface area contributed by atoms with Crippen LogP contribution in [0.25, 0.3) is 6.08 Å². The van der Waals surface area contributed by atoms with Crippen LogP contribution in [0.2, 0.25) is 0 Å². The van der Waals surface area contributed by atoms with Crippen molar-refractivity contribution in [2.75, 3.05) is 28.1 Å². The Hall–Kier alpha value is -3.68. The predicted octanol–water partition coefficient (Wildman–Crippen LogP) is 2.79. The van der Waals surface area contributed by atoms with Gasteiger partial charge in [0, 0.05) is 17.2 Å². The third-order valence-corrected chi connectivity index (χ3v) is 4.27. The van der Waals surface area contributed by atoms with Crippen LogP contribution < -0.4 is 23.7 Å².